The van der Waals surface area contributed by atoms with Gasteiger partial charge in [0.2, 0.25) is 11.8 Å². The molecule has 186 valence electrons. The molecule has 4 rings (SSSR count). The number of primary amides is 1. The molecule has 7 nitrogen and oxygen atoms in total. The van der Waals surface area contributed by atoms with Crippen LogP contribution >= 0.6 is 11.6 Å². The molecule has 2 amide bonds. The first-order chi connectivity index (χ1) is 17.2. The first kappa shape index (κ1) is 26.4. The molecule has 0 aliphatic carbocycles. The quantitative estimate of drug-likeness (QED) is 0.306. The van der Waals surface area contributed by atoms with Crippen LogP contribution in [0.15, 0.2) is 72.9 Å². The van der Waals surface area contributed by atoms with Gasteiger partial charge in [-0.2, -0.15) is 0 Å². The Hall–Kier alpha value is -4.17. The molecule has 0 bridgehead atoms. The summed E-state index contributed by atoms with van der Waals surface area (Å²) in [5, 5.41) is 17.5. The van der Waals surface area contributed by atoms with Crippen LogP contribution in [0, 0.1) is 11.2 Å². The van der Waals surface area contributed by atoms with Crippen molar-refractivity contribution in [3.05, 3.63) is 100 Å². The Labute approximate surface area is 213 Å². The lowest BCUT2D eigenvalue weighted by Crippen LogP contribution is -2.33. The average Bonchev–Trinajstić information content (AvgIpc) is 3.28. The number of phenols is 1. The van der Waals surface area contributed by atoms with Gasteiger partial charge in [-0.05, 0) is 43.3 Å². The Bertz CT molecular complexity index is 1400. The molecule has 0 atom stereocenters. The number of halogens is 2. The highest BCUT2D eigenvalue weighted by atomic mass is 35.5. The lowest BCUT2D eigenvalue weighted by atomic mass is 10.1. The Balaban J connectivity index is 0.000000275. The standard InChI is InChI=1S/C20H20FN3O.C7H6ClNO2/c1-2-23(13-16-6-3-4-8-18(16)21)20(25)14-24-11-10-17-15(12-22)7-5-9-19(17)24;8-5-3-4(7(9)11)1-2-6(5)10/h3-12,22H,2,13-14H2,1H3;1-3,10H,(H2,9,11). The highest BCUT2D eigenvalue weighted by molar-refractivity contribution is 6.32. The van der Waals surface area contributed by atoms with E-state index in [0.717, 1.165) is 16.5 Å². The molecule has 0 unspecified atom stereocenters. The lowest BCUT2D eigenvalue weighted by molar-refractivity contribution is -0.132. The summed E-state index contributed by atoms with van der Waals surface area (Å²) < 4.78 is 15.7. The van der Waals surface area contributed by atoms with E-state index in [1.807, 2.05) is 42.0 Å². The molecule has 0 radical (unpaired) electrons. The second-order valence-corrected chi connectivity index (χ2v) is 8.30. The number of aromatic nitrogens is 1. The third kappa shape index (κ3) is 6.28. The molecule has 4 aromatic rings. The minimum absolute atomic E-state index is 0.0586. The van der Waals surface area contributed by atoms with Gasteiger partial charge in [-0.15, -0.1) is 0 Å². The molecule has 0 saturated carbocycles. The van der Waals surface area contributed by atoms with Crippen LogP contribution in [-0.4, -0.2) is 39.1 Å². The van der Waals surface area contributed by atoms with Gasteiger partial charge in [0.25, 0.3) is 0 Å². The molecule has 1 aromatic heterocycles. The minimum atomic E-state index is -0.563. The monoisotopic (exact) mass is 508 g/mol. The van der Waals surface area contributed by atoms with Crippen molar-refractivity contribution in [3.63, 3.8) is 0 Å². The maximum Gasteiger partial charge on any atom is 0.248 e. The van der Waals surface area contributed by atoms with E-state index in [4.69, 9.17) is 27.9 Å². The van der Waals surface area contributed by atoms with Crippen molar-refractivity contribution in [2.75, 3.05) is 6.54 Å². The summed E-state index contributed by atoms with van der Waals surface area (Å²) in [4.78, 5) is 24.9. The summed E-state index contributed by atoms with van der Waals surface area (Å²) in [7, 11) is 0. The Kier molecular flexibility index (Phi) is 8.81. The van der Waals surface area contributed by atoms with E-state index in [1.54, 1.807) is 23.1 Å². The van der Waals surface area contributed by atoms with Gasteiger partial charge in [0.05, 0.1) is 5.02 Å². The van der Waals surface area contributed by atoms with Crippen molar-refractivity contribution >= 4 is 40.5 Å². The fourth-order valence-corrected chi connectivity index (χ4v) is 3.81. The van der Waals surface area contributed by atoms with Crippen molar-refractivity contribution in [1.82, 2.24) is 9.47 Å². The summed E-state index contributed by atoms with van der Waals surface area (Å²) in [6, 6.07) is 18.2. The second-order valence-electron chi connectivity index (χ2n) is 7.90. The van der Waals surface area contributed by atoms with Crippen LogP contribution in [-0.2, 0) is 17.9 Å². The highest BCUT2D eigenvalue weighted by Crippen LogP contribution is 2.23. The van der Waals surface area contributed by atoms with Gasteiger partial charge < -0.3 is 25.7 Å². The van der Waals surface area contributed by atoms with E-state index in [9.17, 15) is 14.0 Å². The molecule has 0 fully saturated rings. The zero-order valence-corrected chi connectivity index (χ0v) is 20.4. The van der Waals surface area contributed by atoms with Gasteiger partial charge in [-0.3, -0.25) is 9.59 Å². The smallest absolute Gasteiger partial charge is 0.248 e. The molecular weight excluding hydrogens is 483 g/mol. The molecular formula is C27H26ClFN4O3. The fraction of sp³-hybridized carbons (Fsp3) is 0.148. The minimum Gasteiger partial charge on any atom is -0.506 e. The van der Waals surface area contributed by atoms with Crippen LogP contribution in [0.25, 0.3) is 10.9 Å². The van der Waals surface area contributed by atoms with Gasteiger partial charge in [0, 0.05) is 53.1 Å². The topological polar surface area (TPSA) is 112 Å². The van der Waals surface area contributed by atoms with E-state index in [2.05, 4.69) is 0 Å². The van der Waals surface area contributed by atoms with Gasteiger partial charge >= 0.3 is 0 Å². The number of phenolic OH excluding ortho intramolecular Hbond substituents is 1. The number of carbonyl (C=O) groups excluding carboxylic acids is 2. The number of fused-ring (bicyclic) bond motifs is 1. The first-order valence-electron chi connectivity index (χ1n) is 11.1. The SMILES string of the molecule is CCN(Cc1ccccc1F)C(=O)Cn1ccc2c(C=N)cccc21.NC(=O)c1ccc(O)c(Cl)c1. The predicted molar refractivity (Wildman–Crippen MR) is 139 cm³/mol. The van der Waals surface area contributed by atoms with E-state index >= 15 is 0 Å². The maximum atomic E-state index is 13.9. The number of carbonyl (C=O) groups is 2. The summed E-state index contributed by atoms with van der Waals surface area (Å²) >= 11 is 5.50. The summed E-state index contributed by atoms with van der Waals surface area (Å²) in [5.74, 6) is -0.983. The van der Waals surface area contributed by atoms with Gasteiger partial charge in [0.1, 0.15) is 18.1 Å². The molecule has 0 spiro atoms. The molecule has 9 heteroatoms. The summed E-state index contributed by atoms with van der Waals surface area (Å²) in [6.45, 7) is 2.85. The normalized spacial score (nSPS) is 10.4. The lowest BCUT2D eigenvalue weighted by Gasteiger charge is -2.22. The van der Waals surface area contributed by atoms with Crippen molar-refractivity contribution < 1.29 is 19.1 Å². The number of hydrogen-bond acceptors (Lipinski definition) is 4. The molecule has 4 N–H and O–H groups in total. The molecule has 0 aliphatic rings. The number of nitrogens with one attached hydrogen (secondary N) is 1. The Morgan fingerprint density at radius 3 is 2.53 bits per heavy atom. The molecule has 0 saturated heterocycles. The van der Waals surface area contributed by atoms with Crippen LogP contribution in [0.4, 0.5) is 4.39 Å². The molecule has 1 heterocycles. The number of nitrogens with two attached hydrogens (primary N) is 1. The number of hydrogen-bond donors (Lipinski definition) is 3. The summed E-state index contributed by atoms with van der Waals surface area (Å²) in [5.41, 5.74) is 7.49. The zero-order valence-electron chi connectivity index (χ0n) is 19.6. The number of likely N-dealkylation sites (N-methyl/N-ethyl adjacent to an activating group) is 1. The zero-order chi connectivity index (χ0) is 26.2. The maximum absolute atomic E-state index is 13.9. The van der Waals surface area contributed by atoms with Crippen molar-refractivity contribution in [3.8, 4) is 5.75 Å². The summed E-state index contributed by atoms with van der Waals surface area (Å²) in [6.07, 6.45) is 3.16. The third-order valence-corrected chi connectivity index (χ3v) is 5.90. The van der Waals surface area contributed by atoms with Crippen molar-refractivity contribution in [2.45, 2.75) is 20.0 Å². The average molecular weight is 509 g/mol. The van der Waals surface area contributed by atoms with Gasteiger partial charge in [0.15, 0.2) is 0 Å². The molecule has 0 aliphatic heterocycles. The highest BCUT2D eigenvalue weighted by Gasteiger charge is 2.16. The third-order valence-electron chi connectivity index (χ3n) is 5.59. The number of nitrogens with zero attached hydrogens (tertiary/aromatic N) is 2. The van der Waals surface area contributed by atoms with Crippen LogP contribution in [0.5, 0.6) is 5.75 Å². The van der Waals surface area contributed by atoms with Gasteiger partial charge in [-0.1, -0.05) is 41.9 Å². The van der Waals surface area contributed by atoms with Crippen LogP contribution in [0.3, 0.4) is 0 Å². The van der Waals surface area contributed by atoms with E-state index in [1.165, 1.54) is 30.5 Å². The Morgan fingerprint density at radius 2 is 1.89 bits per heavy atom. The number of benzene rings is 3. The second kappa shape index (κ2) is 12.0. The van der Waals surface area contributed by atoms with E-state index in [-0.39, 0.29) is 41.1 Å². The first-order valence-corrected chi connectivity index (χ1v) is 11.5. The predicted octanol–water partition coefficient (Wildman–Crippen LogP) is 4.97. The fourth-order valence-electron chi connectivity index (χ4n) is 3.63. The Morgan fingerprint density at radius 1 is 1.14 bits per heavy atom. The van der Waals surface area contributed by atoms with E-state index in [0.29, 0.717) is 12.1 Å². The van der Waals surface area contributed by atoms with Crippen molar-refractivity contribution in [2.24, 2.45) is 5.73 Å². The van der Waals surface area contributed by atoms with Gasteiger partial charge in [-0.25, -0.2) is 4.39 Å². The van der Waals surface area contributed by atoms with Crippen molar-refractivity contribution in [1.29, 1.82) is 5.41 Å². The van der Waals surface area contributed by atoms with E-state index < -0.39 is 5.91 Å². The molecule has 36 heavy (non-hydrogen) atoms. The number of rotatable bonds is 7. The van der Waals surface area contributed by atoms with Crippen LogP contribution < -0.4 is 5.73 Å². The largest absolute Gasteiger partial charge is 0.506 e. The van der Waals surface area contributed by atoms with Crippen LogP contribution in [0.2, 0.25) is 5.02 Å². The molecule has 3 aromatic carbocycles. The number of amides is 2. The number of aromatic hydroxyl groups is 1. The van der Waals surface area contributed by atoms with Crippen LogP contribution in [0.1, 0.15) is 28.4 Å².